The molecule has 1 aromatic carbocycles. The van der Waals surface area contributed by atoms with Crippen LogP contribution in [0.3, 0.4) is 0 Å². The van der Waals surface area contributed by atoms with Gasteiger partial charge in [0.2, 0.25) is 5.91 Å². The maximum Gasteiger partial charge on any atom is 0.308 e. The third kappa shape index (κ3) is 3.85. The lowest BCUT2D eigenvalue weighted by Gasteiger charge is -2.21. The monoisotopic (exact) mass is 306 g/mol. The molecule has 0 radical (unpaired) electrons. The van der Waals surface area contributed by atoms with Crippen LogP contribution in [0.25, 0.3) is 0 Å². The second kappa shape index (κ2) is 6.76. The highest BCUT2D eigenvalue weighted by atomic mass is 32.2. The van der Waals surface area contributed by atoms with Gasteiger partial charge in [0.15, 0.2) is 0 Å². The number of likely N-dealkylation sites (N-methyl/N-ethyl adjacent to an activating group) is 1. The van der Waals surface area contributed by atoms with E-state index in [0.717, 1.165) is 10.6 Å². The molecule has 112 valence electrons. The van der Waals surface area contributed by atoms with Crippen LogP contribution in [0.5, 0.6) is 0 Å². The molecule has 2 atom stereocenters. The zero-order valence-corrected chi connectivity index (χ0v) is 12.8. The molecule has 1 aromatic rings. The molecule has 1 heterocycles. The molecule has 0 bridgehead atoms. The minimum atomic E-state index is -0.899. The molecule has 6 heteroatoms. The Hall–Kier alpha value is -1.82. The minimum absolute atomic E-state index is 0.124. The van der Waals surface area contributed by atoms with E-state index >= 15 is 0 Å². The molecule has 5 nitrogen and oxygen atoms in total. The molecule has 0 saturated heterocycles. The number of carboxylic acids is 1. The zero-order chi connectivity index (χ0) is 15.4. The first-order valence-corrected chi connectivity index (χ1v) is 7.71. The molecule has 1 amide bonds. The number of aliphatic carboxylic acids is 1. The molecule has 1 aliphatic heterocycles. The van der Waals surface area contributed by atoms with Gasteiger partial charge in [-0.05, 0) is 0 Å². The Labute approximate surface area is 128 Å². The summed E-state index contributed by atoms with van der Waals surface area (Å²) in [4.78, 5) is 29.1. The first-order valence-electron chi connectivity index (χ1n) is 6.73. The van der Waals surface area contributed by atoms with Gasteiger partial charge in [0.1, 0.15) is 6.04 Å². The number of hydrogen-bond acceptors (Lipinski definition) is 4. The fourth-order valence-corrected chi connectivity index (χ4v) is 3.11. The number of aliphatic imine (C=N–C) groups is 1. The van der Waals surface area contributed by atoms with Crippen molar-refractivity contribution < 1.29 is 14.7 Å². The van der Waals surface area contributed by atoms with Crippen molar-refractivity contribution in [2.45, 2.75) is 13.0 Å². The van der Waals surface area contributed by atoms with Crippen LogP contribution in [0.2, 0.25) is 0 Å². The van der Waals surface area contributed by atoms with Crippen LogP contribution in [0, 0.1) is 5.92 Å². The van der Waals surface area contributed by atoms with E-state index in [-0.39, 0.29) is 12.5 Å². The van der Waals surface area contributed by atoms with E-state index in [1.54, 1.807) is 25.7 Å². The molecule has 0 saturated carbocycles. The Morgan fingerprint density at radius 2 is 2.10 bits per heavy atom. The number of rotatable bonds is 5. The van der Waals surface area contributed by atoms with Gasteiger partial charge in [0, 0.05) is 24.9 Å². The Morgan fingerprint density at radius 1 is 1.43 bits per heavy atom. The summed E-state index contributed by atoms with van der Waals surface area (Å²) < 4.78 is 0. The Morgan fingerprint density at radius 3 is 2.71 bits per heavy atom. The molecule has 0 fully saturated rings. The number of hydrogen-bond donors (Lipinski definition) is 1. The lowest BCUT2D eigenvalue weighted by Crippen LogP contribution is -2.39. The van der Waals surface area contributed by atoms with E-state index in [9.17, 15) is 9.59 Å². The molecule has 21 heavy (non-hydrogen) atoms. The maximum absolute atomic E-state index is 12.3. The molecule has 1 aliphatic rings. The van der Waals surface area contributed by atoms with Crippen molar-refractivity contribution >= 4 is 28.7 Å². The molecule has 0 spiro atoms. The van der Waals surface area contributed by atoms with Gasteiger partial charge in [-0.25, -0.2) is 0 Å². The quantitative estimate of drug-likeness (QED) is 0.899. The Kier molecular flexibility index (Phi) is 5.01. The average Bonchev–Trinajstić information content (AvgIpc) is 2.96. The summed E-state index contributed by atoms with van der Waals surface area (Å²) in [6, 6.07) is 9.33. The third-order valence-corrected chi connectivity index (χ3v) is 4.40. The summed E-state index contributed by atoms with van der Waals surface area (Å²) in [5.74, 6) is -0.995. The molecule has 2 unspecified atom stereocenters. The SMILES string of the molecule is CC(CN(C)C(=O)C1CSC(c2ccccc2)=N1)C(=O)O. The highest BCUT2D eigenvalue weighted by Crippen LogP contribution is 2.24. The van der Waals surface area contributed by atoms with Crippen molar-refractivity contribution in [3.63, 3.8) is 0 Å². The van der Waals surface area contributed by atoms with Gasteiger partial charge >= 0.3 is 5.97 Å². The molecule has 2 rings (SSSR count). The van der Waals surface area contributed by atoms with Gasteiger partial charge in [0.05, 0.1) is 11.0 Å². The van der Waals surface area contributed by atoms with Crippen LogP contribution < -0.4 is 0 Å². The largest absolute Gasteiger partial charge is 0.481 e. The molecule has 0 aromatic heterocycles. The zero-order valence-electron chi connectivity index (χ0n) is 12.0. The van der Waals surface area contributed by atoms with Crippen LogP contribution in [0.15, 0.2) is 35.3 Å². The Balaban J connectivity index is 2.01. The van der Waals surface area contributed by atoms with Gasteiger partial charge in [-0.1, -0.05) is 37.3 Å². The van der Waals surface area contributed by atoms with E-state index in [4.69, 9.17) is 5.11 Å². The number of amides is 1. The lowest BCUT2D eigenvalue weighted by molar-refractivity contribution is -0.142. The van der Waals surface area contributed by atoms with E-state index in [2.05, 4.69) is 4.99 Å². The summed E-state index contributed by atoms with van der Waals surface area (Å²) in [5, 5.41) is 9.77. The molecule has 1 N–H and O–H groups in total. The summed E-state index contributed by atoms with van der Waals surface area (Å²) in [7, 11) is 1.63. The van der Waals surface area contributed by atoms with Crippen LogP contribution in [-0.2, 0) is 9.59 Å². The van der Waals surface area contributed by atoms with Crippen molar-refractivity contribution in [2.24, 2.45) is 10.9 Å². The highest BCUT2D eigenvalue weighted by Gasteiger charge is 2.29. The van der Waals surface area contributed by atoms with Crippen LogP contribution in [0.1, 0.15) is 12.5 Å². The van der Waals surface area contributed by atoms with Gasteiger partial charge in [0.25, 0.3) is 0 Å². The molecular formula is C15H18N2O3S. The topological polar surface area (TPSA) is 70.0 Å². The van der Waals surface area contributed by atoms with Crippen molar-refractivity contribution in [3.8, 4) is 0 Å². The van der Waals surface area contributed by atoms with Crippen molar-refractivity contribution in [3.05, 3.63) is 35.9 Å². The molecule has 0 aliphatic carbocycles. The van der Waals surface area contributed by atoms with Crippen molar-refractivity contribution in [1.82, 2.24) is 4.90 Å². The fraction of sp³-hybridized carbons (Fsp3) is 0.400. The number of benzene rings is 1. The second-order valence-electron chi connectivity index (χ2n) is 5.09. The van der Waals surface area contributed by atoms with Crippen LogP contribution in [-0.4, -0.2) is 52.3 Å². The number of thioether (sulfide) groups is 1. The molecular weight excluding hydrogens is 288 g/mol. The van der Waals surface area contributed by atoms with E-state index < -0.39 is 17.9 Å². The highest BCUT2D eigenvalue weighted by molar-refractivity contribution is 8.14. The fourth-order valence-electron chi connectivity index (χ4n) is 2.07. The summed E-state index contributed by atoms with van der Waals surface area (Å²) in [6.45, 7) is 1.79. The summed E-state index contributed by atoms with van der Waals surface area (Å²) in [5.41, 5.74) is 1.01. The van der Waals surface area contributed by atoms with Crippen molar-refractivity contribution in [1.29, 1.82) is 0 Å². The predicted octanol–water partition coefficient (Wildman–Crippen LogP) is 1.73. The standard InChI is InChI=1S/C15H18N2O3S/c1-10(15(19)20)8-17(2)14(18)12-9-21-13(16-12)11-6-4-3-5-7-11/h3-7,10,12H,8-9H2,1-2H3,(H,19,20). The van der Waals surface area contributed by atoms with E-state index in [1.807, 2.05) is 30.3 Å². The second-order valence-corrected chi connectivity index (χ2v) is 6.09. The average molecular weight is 306 g/mol. The van der Waals surface area contributed by atoms with Crippen LogP contribution in [0.4, 0.5) is 0 Å². The normalized spacial score (nSPS) is 19.0. The number of carboxylic acid groups (broad SMARTS) is 1. The van der Waals surface area contributed by atoms with Gasteiger partial charge < -0.3 is 10.0 Å². The van der Waals surface area contributed by atoms with Crippen LogP contribution >= 0.6 is 11.8 Å². The first kappa shape index (κ1) is 15.6. The smallest absolute Gasteiger partial charge is 0.308 e. The Bertz CT molecular complexity index is 559. The van der Waals surface area contributed by atoms with Gasteiger partial charge in [-0.3, -0.25) is 14.6 Å². The first-order chi connectivity index (χ1) is 9.99. The maximum atomic E-state index is 12.3. The third-order valence-electron chi connectivity index (χ3n) is 3.30. The van der Waals surface area contributed by atoms with Gasteiger partial charge in [-0.15, -0.1) is 11.8 Å². The van der Waals surface area contributed by atoms with E-state index in [1.165, 1.54) is 4.90 Å². The van der Waals surface area contributed by atoms with E-state index in [0.29, 0.717) is 5.75 Å². The minimum Gasteiger partial charge on any atom is -0.481 e. The predicted molar refractivity (Wildman–Crippen MR) is 83.7 cm³/mol. The number of nitrogens with zero attached hydrogens (tertiary/aromatic N) is 2. The number of carbonyl (C=O) groups is 2. The number of carbonyl (C=O) groups excluding carboxylic acids is 1. The summed E-state index contributed by atoms with van der Waals surface area (Å²) in [6.07, 6.45) is 0. The lowest BCUT2D eigenvalue weighted by atomic mass is 10.1. The summed E-state index contributed by atoms with van der Waals surface area (Å²) >= 11 is 1.56. The van der Waals surface area contributed by atoms with Gasteiger partial charge in [-0.2, -0.15) is 0 Å². The van der Waals surface area contributed by atoms with Crippen molar-refractivity contribution in [2.75, 3.05) is 19.3 Å².